The van der Waals surface area contributed by atoms with Gasteiger partial charge in [-0.2, -0.15) is 11.8 Å². The Labute approximate surface area is 107 Å². The number of hydrogen-bond acceptors (Lipinski definition) is 3. The lowest BCUT2D eigenvalue weighted by Gasteiger charge is -2.31. The molecule has 0 amide bonds. The SMILES string of the molecule is Cc1ccc(C(=O)C2CSCCN2C)c(C)c1. The molecule has 1 fully saturated rings. The zero-order chi connectivity index (χ0) is 12.4. The Bertz CT molecular complexity index is 430. The Morgan fingerprint density at radius 3 is 2.82 bits per heavy atom. The molecule has 3 heteroatoms. The van der Waals surface area contributed by atoms with Crippen LogP contribution >= 0.6 is 11.8 Å². The minimum Gasteiger partial charge on any atom is -0.295 e. The van der Waals surface area contributed by atoms with Gasteiger partial charge in [0.1, 0.15) is 0 Å². The first kappa shape index (κ1) is 12.7. The summed E-state index contributed by atoms with van der Waals surface area (Å²) >= 11 is 1.88. The Balaban J connectivity index is 2.24. The highest BCUT2D eigenvalue weighted by Gasteiger charge is 2.27. The predicted octanol–water partition coefficient (Wildman–Crippen LogP) is 2.53. The van der Waals surface area contributed by atoms with Crippen LogP contribution in [0.2, 0.25) is 0 Å². The molecule has 1 atom stereocenters. The van der Waals surface area contributed by atoms with Crippen LogP contribution in [0.25, 0.3) is 0 Å². The lowest BCUT2D eigenvalue weighted by molar-refractivity contribution is 0.0874. The summed E-state index contributed by atoms with van der Waals surface area (Å²) in [5, 5.41) is 0. The summed E-state index contributed by atoms with van der Waals surface area (Å²) in [7, 11) is 2.05. The average molecular weight is 249 g/mol. The minimum atomic E-state index is 0.0511. The van der Waals surface area contributed by atoms with Gasteiger partial charge in [0.15, 0.2) is 5.78 Å². The van der Waals surface area contributed by atoms with Crippen molar-refractivity contribution in [2.75, 3.05) is 25.1 Å². The molecule has 1 aliphatic heterocycles. The van der Waals surface area contributed by atoms with E-state index in [1.807, 2.05) is 37.9 Å². The average Bonchev–Trinajstić information content (AvgIpc) is 2.29. The van der Waals surface area contributed by atoms with Crippen molar-refractivity contribution in [3.8, 4) is 0 Å². The molecule has 17 heavy (non-hydrogen) atoms. The van der Waals surface area contributed by atoms with Crippen molar-refractivity contribution in [3.05, 3.63) is 34.9 Å². The van der Waals surface area contributed by atoms with Crippen molar-refractivity contribution >= 4 is 17.5 Å². The molecular formula is C14H19NOS. The molecule has 2 rings (SSSR count). The maximum atomic E-state index is 12.5. The number of likely N-dealkylation sites (N-methyl/N-ethyl adjacent to an activating group) is 1. The quantitative estimate of drug-likeness (QED) is 0.751. The van der Waals surface area contributed by atoms with Crippen LogP contribution in [0.4, 0.5) is 0 Å². The van der Waals surface area contributed by atoms with Gasteiger partial charge in [-0.1, -0.05) is 23.8 Å². The number of nitrogens with zero attached hydrogens (tertiary/aromatic N) is 1. The van der Waals surface area contributed by atoms with Crippen molar-refractivity contribution in [1.82, 2.24) is 4.90 Å². The Kier molecular flexibility index (Phi) is 3.89. The highest BCUT2D eigenvalue weighted by atomic mass is 32.2. The van der Waals surface area contributed by atoms with E-state index in [9.17, 15) is 4.79 Å². The Hall–Kier alpha value is -0.800. The minimum absolute atomic E-state index is 0.0511. The van der Waals surface area contributed by atoms with E-state index in [1.54, 1.807) is 0 Å². The molecule has 0 radical (unpaired) electrons. The van der Waals surface area contributed by atoms with Crippen molar-refractivity contribution in [3.63, 3.8) is 0 Å². The van der Waals surface area contributed by atoms with Crippen LogP contribution in [0, 0.1) is 13.8 Å². The molecular weight excluding hydrogens is 230 g/mol. The zero-order valence-corrected chi connectivity index (χ0v) is 11.5. The lowest BCUT2D eigenvalue weighted by Crippen LogP contribution is -2.44. The fraction of sp³-hybridized carbons (Fsp3) is 0.500. The van der Waals surface area contributed by atoms with E-state index in [1.165, 1.54) is 5.56 Å². The highest BCUT2D eigenvalue weighted by molar-refractivity contribution is 7.99. The summed E-state index contributed by atoms with van der Waals surface area (Å²) in [4.78, 5) is 14.7. The van der Waals surface area contributed by atoms with Gasteiger partial charge in [0.25, 0.3) is 0 Å². The summed E-state index contributed by atoms with van der Waals surface area (Å²) < 4.78 is 0. The van der Waals surface area contributed by atoms with Crippen LogP contribution in [-0.4, -0.2) is 41.8 Å². The van der Waals surface area contributed by atoms with Gasteiger partial charge >= 0.3 is 0 Å². The Morgan fingerprint density at radius 2 is 2.18 bits per heavy atom. The molecule has 0 saturated carbocycles. The van der Waals surface area contributed by atoms with E-state index >= 15 is 0 Å². The van der Waals surface area contributed by atoms with Crippen molar-refractivity contribution in [2.45, 2.75) is 19.9 Å². The van der Waals surface area contributed by atoms with Gasteiger partial charge in [0.2, 0.25) is 0 Å². The van der Waals surface area contributed by atoms with Gasteiger partial charge in [0.05, 0.1) is 6.04 Å². The van der Waals surface area contributed by atoms with E-state index in [2.05, 4.69) is 17.9 Å². The maximum absolute atomic E-state index is 12.5. The molecule has 1 aliphatic rings. The summed E-state index contributed by atoms with van der Waals surface area (Å²) in [6.45, 7) is 5.09. The van der Waals surface area contributed by atoms with Gasteiger partial charge in [0, 0.05) is 23.6 Å². The molecule has 1 aromatic carbocycles. The van der Waals surface area contributed by atoms with Crippen LogP contribution in [0.3, 0.4) is 0 Å². The van der Waals surface area contributed by atoms with Crippen molar-refractivity contribution in [1.29, 1.82) is 0 Å². The molecule has 2 nitrogen and oxygen atoms in total. The second-order valence-electron chi connectivity index (χ2n) is 4.75. The topological polar surface area (TPSA) is 20.3 Å². The summed E-state index contributed by atoms with van der Waals surface area (Å²) in [5.74, 6) is 2.33. The van der Waals surface area contributed by atoms with Crippen LogP contribution < -0.4 is 0 Å². The monoisotopic (exact) mass is 249 g/mol. The molecule has 1 heterocycles. The first-order valence-electron chi connectivity index (χ1n) is 5.99. The van der Waals surface area contributed by atoms with Crippen LogP contribution in [-0.2, 0) is 0 Å². The van der Waals surface area contributed by atoms with Gasteiger partial charge < -0.3 is 0 Å². The van der Waals surface area contributed by atoms with Crippen molar-refractivity contribution in [2.24, 2.45) is 0 Å². The van der Waals surface area contributed by atoms with Crippen LogP contribution in [0.15, 0.2) is 18.2 Å². The van der Waals surface area contributed by atoms with Gasteiger partial charge in [-0.25, -0.2) is 0 Å². The number of rotatable bonds is 2. The predicted molar refractivity (Wildman–Crippen MR) is 74.0 cm³/mol. The first-order chi connectivity index (χ1) is 8.09. The fourth-order valence-corrected chi connectivity index (χ4v) is 3.44. The summed E-state index contributed by atoms with van der Waals surface area (Å²) in [6, 6.07) is 6.13. The van der Waals surface area contributed by atoms with E-state index in [0.717, 1.165) is 29.2 Å². The molecule has 1 aromatic rings. The number of benzene rings is 1. The number of carbonyl (C=O) groups is 1. The van der Waals surface area contributed by atoms with Gasteiger partial charge in [-0.05, 0) is 26.5 Å². The van der Waals surface area contributed by atoms with Gasteiger partial charge in [-0.3, -0.25) is 9.69 Å². The molecule has 92 valence electrons. The van der Waals surface area contributed by atoms with E-state index < -0.39 is 0 Å². The largest absolute Gasteiger partial charge is 0.295 e. The van der Waals surface area contributed by atoms with Crippen molar-refractivity contribution < 1.29 is 4.79 Å². The van der Waals surface area contributed by atoms with Crippen LogP contribution in [0.1, 0.15) is 21.5 Å². The molecule has 0 N–H and O–H groups in total. The third-order valence-electron chi connectivity index (χ3n) is 3.35. The number of aryl methyl sites for hydroxylation is 2. The molecule has 1 unspecified atom stereocenters. The molecule has 0 aliphatic carbocycles. The maximum Gasteiger partial charge on any atom is 0.181 e. The molecule has 0 aromatic heterocycles. The lowest BCUT2D eigenvalue weighted by atomic mass is 9.98. The number of carbonyl (C=O) groups excluding carboxylic acids is 1. The van der Waals surface area contributed by atoms with Gasteiger partial charge in [-0.15, -0.1) is 0 Å². The standard InChI is InChI=1S/C14H19NOS/c1-10-4-5-12(11(2)8-10)14(16)13-9-17-7-6-15(13)3/h4-5,8,13H,6-7,9H2,1-3H3. The summed E-state index contributed by atoms with van der Waals surface area (Å²) in [5.41, 5.74) is 3.19. The number of thioether (sulfide) groups is 1. The normalized spacial score (nSPS) is 21.5. The third-order valence-corrected chi connectivity index (χ3v) is 4.37. The molecule has 1 saturated heterocycles. The fourth-order valence-electron chi connectivity index (χ4n) is 2.23. The number of Topliss-reactive ketones (excluding diaryl/α,β-unsaturated/α-hetero) is 1. The zero-order valence-electron chi connectivity index (χ0n) is 10.7. The smallest absolute Gasteiger partial charge is 0.181 e. The number of hydrogen-bond donors (Lipinski definition) is 0. The first-order valence-corrected chi connectivity index (χ1v) is 7.14. The van der Waals surface area contributed by atoms with E-state index in [4.69, 9.17) is 0 Å². The summed E-state index contributed by atoms with van der Waals surface area (Å²) in [6.07, 6.45) is 0. The van der Waals surface area contributed by atoms with Crippen LogP contribution in [0.5, 0.6) is 0 Å². The Morgan fingerprint density at radius 1 is 1.41 bits per heavy atom. The second kappa shape index (κ2) is 5.23. The van der Waals surface area contributed by atoms with E-state index in [0.29, 0.717) is 0 Å². The number of ketones is 1. The molecule has 0 spiro atoms. The highest BCUT2D eigenvalue weighted by Crippen LogP contribution is 2.20. The third kappa shape index (κ3) is 2.72. The second-order valence-corrected chi connectivity index (χ2v) is 5.90. The molecule has 0 bridgehead atoms. The van der Waals surface area contributed by atoms with E-state index in [-0.39, 0.29) is 11.8 Å².